The largest absolute Gasteiger partial charge is 0.289 e. The van der Waals surface area contributed by atoms with Crippen molar-refractivity contribution in [2.75, 3.05) is 0 Å². The maximum absolute atomic E-state index is 13.3. The van der Waals surface area contributed by atoms with Crippen molar-refractivity contribution in [3.63, 3.8) is 0 Å². The molecular formula is C18H10BrClFNO. The molecule has 0 saturated carbocycles. The van der Waals surface area contributed by atoms with Gasteiger partial charge in [0.25, 0.3) is 0 Å². The molecule has 3 rings (SSSR count). The zero-order chi connectivity index (χ0) is 16.4. The minimum Gasteiger partial charge on any atom is -0.289 e. The second kappa shape index (κ2) is 6.60. The first-order chi connectivity index (χ1) is 11.0. The molecule has 1 aromatic heterocycles. The maximum atomic E-state index is 13.3. The lowest BCUT2D eigenvalue weighted by molar-refractivity contribution is 0.104. The number of rotatable bonds is 3. The fraction of sp³-hybridized carbons (Fsp3) is 0. The minimum absolute atomic E-state index is 0.145. The van der Waals surface area contributed by atoms with Gasteiger partial charge in [0.15, 0.2) is 5.78 Å². The van der Waals surface area contributed by atoms with Crippen molar-refractivity contribution in [3.05, 3.63) is 81.2 Å². The van der Waals surface area contributed by atoms with E-state index >= 15 is 0 Å². The quantitative estimate of drug-likeness (QED) is 0.327. The average molecular weight is 391 g/mol. The number of nitrogens with zero attached hydrogens (tertiary/aromatic N) is 1. The Hall–Kier alpha value is -2.04. The van der Waals surface area contributed by atoms with Crippen LogP contribution in [-0.2, 0) is 0 Å². The van der Waals surface area contributed by atoms with Gasteiger partial charge >= 0.3 is 0 Å². The number of allylic oxidation sites excluding steroid dienone is 1. The van der Waals surface area contributed by atoms with Gasteiger partial charge in [0, 0.05) is 21.0 Å². The van der Waals surface area contributed by atoms with Gasteiger partial charge in [0.05, 0.1) is 5.52 Å². The number of benzene rings is 2. The van der Waals surface area contributed by atoms with Crippen LogP contribution in [0.15, 0.2) is 59.1 Å². The number of carbonyl (C=O) groups excluding carboxylic acids is 1. The average Bonchev–Trinajstić information content (AvgIpc) is 2.53. The van der Waals surface area contributed by atoms with Crippen molar-refractivity contribution < 1.29 is 9.18 Å². The summed E-state index contributed by atoms with van der Waals surface area (Å²) >= 11 is 9.44. The molecular weight excluding hydrogens is 381 g/mol. The predicted molar refractivity (Wildman–Crippen MR) is 94.2 cm³/mol. The van der Waals surface area contributed by atoms with E-state index in [1.807, 2.05) is 0 Å². The van der Waals surface area contributed by atoms with Crippen molar-refractivity contribution >= 4 is 50.3 Å². The summed E-state index contributed by atoms with van der Waals surface area (Å²) in [5.74, 6) is -0.490. The zero-order valence-electron chi connectivity index (χ0n) is 11.8. The van der Waals surface area contributed by atoms with E-state index in [2.05, 4.69) is 20.9 Å². The minimum atomic E-state index is -0.345. The van der Waals surface area contributed by atoms with E-state index in [1.54, 1.807) is 42.5 Å². The van der Waals surface area contributed by atoms with Crippen LogP contribution >= 0.6 is 27.5 Å². The van der Waals surface area contributed by atoms with Crippen molar-refractivity contribution in [1.29, 1.82) is 0 Å². The number of aromatic nitrogens is 1. The molecule has 0 N–H and O–H groups in total. The van der Waals surface area contributed by atoms with E-state index < -0.39 is 0 Å². The van der Waals surface area contributed by atoms with Crippen LogP contribution in [0.1, 0.15) is 15.9 Å². The van der Waals surface area contributed by atoms with Crippen LogP contribution in [0.4, 0.5) is 4.39 Å². The van der Waals surface area contributed by atoms with Crippen LogP contribution in [0, 0.1) is 5.82 Å². The molecule has 0 atom stereocenters. The molecule has 3 aromatic rings. The molecule has 0 fully saturated rings. The number of ketones is 1. The Balaban J connectivity index is 1.92. The third kappa shape index (κ3) is 3.66. The van der Waals surface area contributed by atoms with Gasteiger partial charge in [0.1, 0.15) is 11.0 Å². The van der Waals surface area contributed by atoms with Gasteiger partial charge in [-0.1, -0.05) is 27.5 Å². The maximum Gasteiger partial charge on any atom is 0.185 e. The molecule has 2 aromatic carbocycles. The monoisotopic (exact) mass is 389 g/mol. The summed E-state index contributed by atoms with van der Waals surface area (Å²) in [5, 5.41) is 0.897. The number of halogens is 3. The Kier molecular flexibility index (Phi) is 4.55. The van der Waals surface area contributed by atoms with E-state index in [0.29, 0.717) is 22.0 Å². The third-order valence-corrected chi connectivity index (χ3v) is 4.13. The fourth-order valence-electron chi connectivity index (χ4n) is 2.13. The topological polar surface area (TPSA) is 30.0 Å². The van der Waals surface area contributed by atoms with E-state index in [-0.39, 0.29) is 16.8 Å². The second-order valence-corrected chi connectivity index (χ2v) is 6.18. The molecule has 23 heavy (non-hydrogen) atoms. The molecule has 0 aliphatic rings. The van der Waals surface area contributed by atoms with Crippen LogP contribution in [0.3, 0.4) is 0 Å². The van der Waals surface area contributed by atoms with Gasteiger partial charge in [-0.3, -0.25) is 4.79 Å². The highest BCUT2D eigenvalue weighted by atomic mass is 79.9. The Morgan fingerprint density at radius 3 is 2.61 bits per heavy atom. The van der Waals surface area contributed by atoms with Crippen molar-refractivity contribution in [2.45, 2.75) is 0 Å². The molecule has 0 amide bonds. The number of fused-ring (bicyclic) bond motifs is 1. The number of carbonyl (C=O) groups is 1. The van der Waals surface area contributed by atoms with Crippen molar-refractivity contribution in [2.24, 2.45) is 0 Å². The molecule has 0 radical (unpaired) electrons. The molecule has 0 aliphatic heterocycles. The second-order valence-electron chi connectivity index (χ2n) is 4.91. The third-order valence-electron chi connectivity index (χ3n) is 3.30. The first-order valence-corrected chi connectivity index (χ1v) is 7.94. The van der Waals surface area contributed by atoms with Crippen LogP contribution in [0.5, 0.6) is 0 Å². The number of hydrogen-bond acceptors (Lipinski definition) is 2. The summed E-state index contributed by atoms with van der Waals surface area (Å²) in [4.78, 5) is 16.3. The summed E-state index contributed by atoms with van der Waals surface area (Å²) in [6.07, 6.45) is 3.02. The van der Waals surface area contributed by atoms with Gasteiger partial charge in [0.2, 0.25) is 0 Å². The van der Waals surface area contributed by atoms with Gasteiger partial charge in [-0.15, -0.1) is 0 Å². The molecule has 0 unspecified atom stereocenters. The number of hydrogen-bond donors (Lipinski definition) is 0. The predicted octanol–water partition coefficient (Wildman–Crippen LogP) is 5.69. The highest BCUT2D eigenvalue weighted by Gasteiger charge is 2.05. The Morgan fingerprint density at radius 2 is 1.87 bits per heavy atom. The standard InChI is InChI=1S/C18H10BrClFNO/c19-14-4-1-11(2-5-14)17(23)8-3-12-9-13-10-15(21)6-7-16(13)22-18(12)20/h1-10H/b8-3+. The lowest BCUT2D eigenvalue weighted by Gasteiger charge is -2.02. The molecule has 0 saturated heterocycles. The Bertz CT molecular complexity index is 922. The zero-order valence-corrected chi connectivity index (χ0v) is 14.1. The van der Waals surface area contributed by atoms with Gasteiger partial charge in [-0.2, -0.15) is 0 Å². The van der Waals surface area contributed by atoms with Crippen LogP contribution in [0.25, 0.3) is 17.0 Å². The smallest absolute Gasteiger partial charge is 0.185 e. The summed E-state index contributed by atoms with van der Waals surface area (Å²) in [6, 6.07) is 13.0. The highest BCUT2D eigenvalue weighted by molar-refractivity contribution is 9.10. The van der Waals surface area contributed by atoms with E-state index in [4.69, 9.17) is 11.6 Å². The van der Waals surface area contributed by atoms with Gasteiger partial charge < -0.3 is 0 Å². The molecule has 5 heteroatoms. The lowest BCUT2D eigenvalue weighted by Crippen LogP contribution is -1.93. The van der Waals surface area contributed by atoms with Gasteiger partial charge in [-0.25, -0.2) is 9.37 Å². The molecule has 0 bridgehead atoms. The molecule has 2 nitrogen and oxygen atoms in total. The lowest BCUT2D eigenvalue weighted by atomic mass is 10.1. The molecule has 0 aliphatic carbocycles. The molecule has 114 valence electrons. The van der Waals surface area contributed by atoms with Crippen LogP contribution in [-0.4, -0.2) is 10.8 Å². The molecule has 0 spiro atoms. The number of pyridine rings is 1. The first-order valence-electron chi connectivity index (χ1n) is 6.77. The Labute approximate surface area is 145 Å². The SMILES string of the molecule is O=C(/C=C/c1cc2cc(F)ccc2nc1Cl)c1ccc(Br)cc1. The van der Waals surface area contributed by atoms with Crippen molar-refractivity contribution in [1.82, 2.24) is 4.98 Å². The summed E-state index contributed by atoms with van der Waals surface area (Å²) < 4.78 is 14.2. The van der Waals surface area contributed by atoms with E-state index in [1.165, 1.54) is 18.2 Å². The van der Waals surface area contributed by atoms with E-state index in [0.717, 1.165) is 4.47 Å². The Morgan fingerprint density at radius 1 is 1.13 bits per heavy atom. The van der Waals surface area contributed by atoms with Gasteiger partial charge in [-0.05, 0) is 60.7 Å². The van der Waals surface area contributed by atoms with E-state index in [9.17, 15) is 9.18 Å². The van der Waals surface area contributed by atoms with Crippen LogP contribution in [0.2, 0.25) is 5.15 Å². The normalized spacial score (nSPS) is 11.3. The first kappa shape index (κ1) is 15.8. The summed E-state index contributed by atoms with van der Waals surface area (Å²) in [6.45, 7) is 0. The summed E-state index contributed by atoms with van der Waals surface area (Å²) in [5.41, 5.74) is 1.74. The highest BCUT2D eigenvalue weighted by Crippen LogP contribution is 2.22. The van der Waals surface area contributed by atoms with Crippen molar-refractivity contribution in [3.8, 4) is 0 Å². The fourth-order valence-corrected chi connectivity index (χ4v) is 2.61. The summed E-state index contributed by atoms with van der Waals surface area (Å²) in [7, 11) is 0. The van der Waals surface area contributed by atoms with Crippen LogP contribution < -0.4 is 0 Å². The molecule has 1 heterocycles.